The third-order valence-electron chi connectivity index (χ3n) is 1.73. The quantitative estimate of drug-likeness (QED) is 0.591. The van der Waals surface area contributed by atoms with Gasteiger partial charge in [0.25, 0.3) is 0 Å². The maximum atomic E-state index is 11.2. The standard InChI is InChI=1S/C10H16N2O3/c1-4-5-6-11-10(15)12-8(7(2)3)9(13)14/h7-8H,6H2,1-3H3,(H,13,14)(H2,11,12,15)/t8-/m0/s1. The summed E-state index contributed by atoms with van der Waals surface area (Å²) in [4.78, 5) is 21.9. The van der Waals surface area contributed by atoms with Gasteiger partial charge in [-0.3, -0.25) is 0 Å². The monoisotopic (exact) mass is 212 g/mol. The number of hydrogen-bond acceptors (Lipinski definition) is 2. The molecular formula is C10H16N2O3. The van der Waals surface area contributed by atoms with Crippen molar-refractivity contribution in [2.75, 3.05) is 6.54 Å². The van der Waals surface area contributed by atoms with Crippen LogP contribution in [0, 0.1) is 17.8 Å². The fourth-order valence-corrected chi connectivity index (χ4v) is 0.919. The molecule has 3 N–H and O–H groups in total. The predicted molar refractivity (Wildman–Crippen MR) is 56.2 cm³/mol. The average Bonchev–Trinajstić information content (AvgIpc) is 2.13. The number of carbonyl (C=O) groups excluding carboxylic acids is 1. The average molecular weight is 212 g/mol. The minimum atomic E-state index is -1.04. The number of nitrogens with one attached hydrogen (secondary N) is 2. The maximum absolute atomic E-state index is 11.2. The Hall–Kier alpha value is -1.70. The van der Waals surface area contributed by atoms with E-state index in [2.05, 4.69) is 22.5 Å². The van der Waals surface area contributed by atoms with Crippen LogP contribution in [0.5, 0.6) is 0 Å². The Morgan fingerprint density at radius 1 is 1.40 bits per heavy atom. The number of carboxylic acid groups (broad SMARTS) is 1. The summed E-state index contributed by atoms with van der Waals surface area (Å²) in [7, 11) is 0. The Balaban J connectivity index is 4.10. The van der Waals surface area contributed by atoms with E-state index in [-0.39, 0.29) is 12.5 Å². The van der Waals surface area contributed by atoms with Crippen LogP contribution in [0.15, 0.2) is 0 Å². The first-order chi connectivity index (χ1) is 6.99. The third-order valence-corrected chi connectivity index (χ3v) is 1.73. The molecule has 0 saturated carbocycles. The van der Waals surface area contributed by atoms with Gasteiger partial charge in [0.2, 0.25) is 0 Å². The van der Waals surface area contributed by atoms with Crippen molar-refractivity contribution >= 4 is 12.0 Å². The van der Waals surface area contributed by atoms with Crippen molar-refractivity contribution in [1.82, 2.24) is 10.6 Å². The second-order valence-electron chi connectivity index (χ2n) is 3.31. The Morgan fingerprint density at radius 2 is 2.00 bits per heavy atom. The van der Waals surface area contributed by atoms with Crippen LogP contribution in [0.2, 0.25) is 0 Å². The van der Waals surface area contributed by atoms with Crippen molar-refractivity contribution in [3.8, 4) is 11.8 Å². The Morgan fingerprint density at radius 3 is 2.40 bits per heavy atom. The Bertz CT molecular complexity index is 289. The molecule has 15 heavy (non-hydrogen) atoms. The van der Waals surface area contributed by atoms with Crippen LogP contribution >= 0.6 is 0 Å². The van der Waals surface area contributed by atoms with E-state index in [0.29, 0.717) is 0 Å². The molecule has 0 unspecified atom stereocenters. The number of carboxylic acids is 1. The largest absolute Gasteiger partial charge is 0.480 e. The van der Waals surface area contributed by atoms with E-state index >= 15 is 0 Å². The van der Waals surface area contributed by atoms with Crippen LogP contribution in [-0.4, -0.2) is 29.7 Å². The molecule has 0 aliphatic rings. The third kappa shape index (κ3) is 5.57. The lowest BCUT2D eigenvalue weighted by atomic mass is 10.1. The molecule has 0 aromatic carbocycles. The molecule has 0 bridgehead atoms. The number of hydrogen-bond donors (Lipinski definition) is 3. The van der Waals surface area contributed by atoms with Gasteiger partial charge < -0.3 is 15.7 Å². The molecule has 2 amide bonds. The molecule has 0 saturated heterocycles. The summed E-state index contributed by atoms with van der Waals surface area (Å²) in [6.07, 6.45) is 0. The number of urea groups is 1. The van der Waals surface area contributed by atoms with E-state index in [4.69, 9.17) is 5.11 Å². The molecule has 0 fully saturated rings. The molecule has 5 heteroatoms. The van der Waals surface area contributed by atoms with Gasteiger partial charge in [-0.15, -0.1) is 5.92 Å². The van der Waals surface area contributed by atoms with Gasteiger partial charge in [-0.2, -0.15) is 0 Å². The summed E-state index contributed by atoms with van der Waals surface area (Å²) in [5.74, 6) is 4.05. The Kier molecular flexibility index (Phi) is 5.95. The van der Waals surface area contributed by atoms with Crippen molar-refractivity contribution in [3.05, 3.63) is 0 Å². The van der Waals surface area contributed by atoms with Crippen LogP contribution < -0.4 is 10.6 Å². The van der Waals surface area contributed by atoms with Gasteiger partial charge in [-0.25, -0.2) is 9.59 Å². The summed E-state index contributed by atoms with van der Waals surface area (Å²) >= 11 is 0. The van der Waals surface area contributed by atoms with Crippen LogP contribution in [0.3, 0.4) is 0 Å². The van der Waals surface area contributed by atoms with E-state index in [1.54, 1.807) is 20.8 Å². The van der Waals surface area contributed by atoms with Gasteiger partial charge in [0.05, 0.1) is 6.54 Å². The van der Waals surface area contributed by atoms with Crippen LogP contribution in [0.25, 0.3) is 0 Å². The number of rotatable bonds is 4. The molecule has 0 aromatic rings. The minimum Gasteiger partial charge on any atom is -0.480 e. The summed E-state index contributed by atoms with van der Waals surface area (Å²) in [5, 5.41) is 13.6. The molecule has 0 spiro atoms. The Labute approximate surface area is 89.2 Å². The van der Waals surface area contributed by atoms with Crippen molar-refractivity contribution in [2.45, 2.75) is 26.8 Å². The van der Waals surface area contributed by atoms with Crippen molar-refractivity contribution in [1.29, 1.82) is 0 Å². The van der Waals surface area contributed by atoms with Crippen LogP contribution in [0.1, 0.15) is 20.8 Å². The number of carbonyl (C=O) groups is 2. The van der Waals surface area contributed by atoms with Crippen molar-refractivity contribution in [3.63, 3.8) is 0 Å². The molecule has 0 aromatic heterocycles. The zero-order valence-electron chi connectivity index (χ0n) is 9.13. The topological polar surface area (TPSA) is 78.4 Å². The predicted octanol–water partition coefficient (Wildman–Crippen LogP) is 0.418. The van der Waals surface area contributed by atoms with Gasteiger partial charge in [-0.05, 0) is 12.8 Å². The molecule has 0 aliphatic heterocycles. The van der Waals surface area contributed by atoms with E-state index in [1.807, 2.05) is 0 Å². The fraction of sp³-hybridized carbons (Fsp3) is 0.600. The molecule has 1 atom stereocenters. The first-order valence-corrected chi connectivity index (χ1v) is 4.65. The molecule has 0 heterocycles. The van der Waals surface area contributed by atoms with E-state index < -0.39 is 18.0 Å². The van der Waals surface area contributed by atoms with Gasteiger partial charge in [-0.1, -0.05) is 19.8 Å². The lowest BCUT2D eigenvalue weighted by Crippen LogP contribution is -2.48. The number of amides is 2. The van der Waals surface area contributed by atoms with Gasteiger partial charge >= 0.3 is 12.0 Å². The van der Waals surface area contributed by atoms with E-state index in [1.165, 1.54) is 0 Å². The van der Waals surface area contributed by atoms with Crippen LogP contribution in [-0.2, 0) is 4.79 Å². The molecule has 0 radical (unpaired) electrons. The normalized spacial score (nSPS) is 11.2. The van der Waals surface area contributed by atoms with Gasteiger partial charge in [0.1, 0.15) is 6.04 Å². The zero-order chi connectivity index (χ0) is 11.8. The zero-order valence-corrected chi connectivity index (χ0v) is 9.13. The highest BCUT2D eigenvalue weighted by Gasteiger charge is 2.22. The maximum Gasteiger partial charge on any atom is 0.326 e. The van der Waals surface area contributed by atoms with E-state index in [9.17, 15) is 9.59 Å². The fourth-order valence-electron chi connectivity index (χ4n) is 0.919. The molecule has 0 aliphatic carbocycles. The van der Waals surface area contributed by atoms with E-state index in [0.717, 1.165) is 0 Å². The lowest BCUT2D eigenvalue weighted by molar-refractivity contribution is -0.140. The summed E-state index contributed by atoms with van der Waals surface area (Å²) in [6.45, 7) is 5.33. The number of aliphatic carboxylic acids is 1. The lowest BCUT2D eigenvalue weighted by Gasteiger charge is -2.17. The van der Waals surface area contributed by atoms with Crippen molar-refractivity contribution < 1.29 is 14.7 Å². The molecular weight excluding hydrogens is 196 g/mol. The SMILES string of the molecule is CC#CCNC(=O)N[C@H](C(=O)O)C(C)C. The first-order valence-electron chi connectivity index (χ1n) is 4.65. The van der Waals surface area contributed by atoms with Crippen LogP contribution in [0.4, 0.5) is 4.79 Å². The highest BCUT2D eigenvalue weighted by Crippen LogP contribution is 2.00. The highest BCUT2D eigenvalue weighted by atomic mass is 16.4. The minimum absolute atomic E-state index is 0.162. The van der Waals surface area contributed by atoms with Gasteiger partial charge in [0, 0.05) is 0 Å². The molecule has 0 rings (SSSR count). The highest BCUT2D eigenvalue weighted by molar-refractivity contribution is 5.82. The first kappa shape index (κ1) is 13.3. The summed E-state index contributed by atoms with van der Waals surface area (Å²) < 4.78 is 0. The smallest absolute Gasteiger partial charge is 0.326 e. The summed E-state index contributed by atoms with van der Waals surface area (Å²) in [5.41, 5.74) is 0. The molecule has 5 nitrogen and oxygen atoms in total. The van der Waals surface area contributed by atoms with Gasteiger partial charge in [0.15, 0.2) is 0 Å². The second kappa shape index (κ2) is 6.71. The molecule has 84 valence electrons. The second-order valence-corrected chi connectivity index (χ2v) is 3.31. The summed E-state index contributed by atoms with van der Waals surface area (Å²) in [6, 6.07) is -1.39. The van der Waals surface area contributed by atoms with Crippen molar-refractivity contribution in [2.24, 2.45) is 5.92 Å².